The first-order valence-corrected chi connectivity index (χ1v) is 11.2. The zero-order chi connectivity index (χ0) is 22.1. The molecule has 0 saturated heterocycles. The number of nitrogens with one attached hydrogen (secondary N) is 2. The molecule has 1 aliphatic heterocycles. The molecule has 1 atom stereocenters. The second-order valence-corrected chi connectivity index (χ2v) is 9.05. The highest BCUT2D eigenvalue weighted by Gasteiger charge is 2.38. The monoisotopic (exact) mass is 416 g/mol. The number of carbonyl (C=O) groups is 1. The molecule has 0 radical (unpaired) electrons. The molecule has 1 amide bonds. The molecule has 3 aromatic rings. The van der Waals surface area contributed by atoms with Crippen LogP contribution in [0.15, 0.2) is 66.9 Å². The summed E-state index contributed by atoms with van der Waals surface area (Å²) in [5.74, 6) is 0.697. The van der Waals surface area contributed by atoms with E-state index in [-0.39, 0.29) is 17.5 Å². The minimum absolute atomic E-state index is 0.0918. The Kier molecular flexibility index (Phi) is 5.61. The van der Waals surface area contributed by atoms with E-state index in [1.54, 1.807) is 6.20 Å². The average Bonchev–Trinajstić information content (AvgIpc) is 3.24. The largest absolute Gasteiger partial charge is 0.363 e. The highest BCUT2D eigenvalue weighted by atomic mass is 16.1. The number of carbonyl (C=O) groups excluding carboxylic acids is 1. The van der Waals surface area contributed by atoms with E-state index in [1.807, 2.05) is 28.9 Å². The van der Waals surface area contributed by atoms with Crippen molar-refractivity contribution in [1.29, 1.82) is 0 Å². The molecule has 0 saturated carbocycles. The quantitative estimate of drug-likeness (QED) is 0.548. The fourth-order valence-corrected chi connectivity index (χ4v) is 4.75. The maximum Gasteiger partial charge on any atom is 0.257 e. The van der Waals surface area contributed by atoms with Gasteiger partial charge >= 0.3 is 0 Å². The number of nitrogens with zero attached hydrogens (tertiary/aromatic N) is 2. The van der Waals surface area contributed by atoms with Crippen LogP contribution in [-0.4, -0.2) is 15.7 Å². The van der Waals surface area contributed by atoms with Gasteiger partial charge in [0.05, 0.1) is 23.3 Å². The third-order valence-corrected chi connectivity index (χ3v) is 6.69. The first kappa shape index (κ1) is 21.2. The van der Waals surface area contributed by atoms with Crippen molar-refractivity contribution in [1.82, 2.24) is 15.1 Å². The highest BCUT2D eigenvalue weighted by Crippen LogP contribution is 2.40. The molecule has 4 rings (SSSR count). The van der Waals surface area contributed by atoms with Crippen molar-refractivity contribution in [2.45, 2.75) is 64.1 Å². The fourth-order valence-electron chi connectivity index (χ4n) is 4.75. The zero-order valence-corrected chi connectivity index (χ0v) is 18.9. The van der Waals surface area contributed by atoms with E-state index in [4.69, 9.17) is 0 Å². The lowest BCUT2D eigenvalue weighted by Crippen LogP contribution is -2.45. The van der Waals surface area contributed by atoms with Crippen LogP contribution in [0.4, 0.5) is 5.82 Å². The first-order valence-electron chi connectivity index (χ1n) is 11.2. The third-order valence-electron chi connectivity index (χ3n) is 6.69. The molecule has 0 spiro atoms. The number of amides is 1. The van der Waals surface area contributed by atoms with E-state index in [9.17, 15) is 4.79 Å². The Labute approximate surface area is 184 Å². The van der Waals surface area contributed by atoms with E-state index >= 15 is 0 Å². The van der Waals surface area contributed by atoms with Crippen LogP contribution in [0.5, 0.6) is 0 Å². The van der Waals surface area contributed by atoms with E-state index in [2.05, 4.69) is 79.8 Å². The molecule has 5 heteroatoms. The molecule has 2 N–H and O–H groups in total. The summed E-state index contributed by atoms with van der Waals surface area (Å²) in [6, 6.07) is 20.8. The van der Waals surface area contributed by atoms with Gasteiger partial charge in [0.15, 0.2) is 0 Å². The summed E-state index contributed by atoms with van der Waals surface area (Å²) >= 11 is 0. The van der Waals surface area contributed by atoms with Crippen LogP contribution in [0, 0.1) is 0 Å². The molecular formula is C26H32N4O. The summed E-state index contributed by atoms with van der Waals surface area (Å²) in [5, 5.41) is 11.6. The maximum atomic E-state index is 13.5. The molecule has 5 nitrogen and oxygen atoms in total. The van der Waals surface area contributed by atoms with Gasteiger partial charge in [-0.25, -0.2) is 4.68 Å². The fraction of sp³-hybridized carbons (Fsp3) is 0.385. The second-order valence-electron chi connectivity index (χ2n) is 9.05. The molecule has 2 heterocycles. The standard InChI is InChI=1S/C26H32N4O/c1-5-26(6-2,20-15-11-8-12-16-20)29-24(31)21-18-27-30-23(21)28-22(17-25(30,3)4)19-13-9-7-10-14-19/h7-16,18,22,28H,5-6,17H2,1-4H3,(H,29,31)/t22-/m1/s1. The highest BCUT2D eigenvalue weighted by molar-refractivity contribution is 5.99. The third kappa shape index (κ3) is 3.85. The van der Waals surface area contributed by atoms with Crippen molar-refractivity contribution in [3.05, 3.63) is 83.6 Å². The topological polar surface area (TPSA) is 59.0 Å². The van der Waals surface area contributed by atoms with Gasteiger partial charge in [-0.15, -0.1) is 0 Å². The first-order chi connectivity index (χ1) is 14.9. The molecule has 2 aromatic carbocycles. The molecule has 0 unspecified atom stereocenters. The van der Waals surface area contributed by atoms with Gasteiger partial charge in [0.1, 0.15) is 11.4 Å². The predicted molar refractivity (Wildman–Crippen MR) is 125 cm³/mol. The van der Waals surface area contributed by atoms with Crippen molar-refractivity contribution in [3.8, 4) is 0 Å². The average molecular weight is 417 g/mol. The van der Waals surface area contributed by atoms with Crippen LogP contribution in [0.1, 0.15) is 74.5 Å². The minimum Gasteiger partial charge on any atom is -0.363 e. The number of benzene rings is 2. The number of anilines is 1. The molecule has 0 fully saturated rings. The van der Waals surface area contributed by atoms with E-state index in [0.29, 0.717) is 5.56 Å². The molecular weight excluding hydrogens is 384 g/mol. The zero-order valence-electron chi connectivity index (χ0n) is 18.9. The number of hydrogen-bond acceptors (Lipinski definition) is 3. The smallest absolute Gasteiger partial charge is 0.257 e. The summed E-state index contributed by atoms with van der Waals surface area (Å²) in [5.41, 5.74) is 2.33. The second kappa shape index (κ2) is 8.22. The maximum absolute atomic E-state index is 13.5. The van der Waals surface area contributed by atoms with Crippen molar-refractivity contribution in [2.24, 2.45) is 0 Å². The lowest BCUT2D eigenvalue weighted by atomic mass is 9.84. The van der Waals surface area contributed by atoms with Crippen LogP contribution in [0.25, 0.3) is 0 Å². The normalized spacial score (nSPS) is 17.5. The SMILES string of the molecule is CCC(CC)(NC(=O)c1cnn2c1N[C@@H](c1ccccc1)CC2(C)C)c1ccccc1. The van der Waals surface area contributed by atoms with Gasteiger partial charge in [0.2, 0.25) is 0 Å². The van der Waals surface area contributed by atoms with E-state index in [1.165, 1.54) is 5.56 Å². The molecule has 1 aliphatic rings. The van der Waals surface area contributed by atoms with Crippen LogP contribution in [0.2, 0.25) is 0 Å². The van der Waals surface area contributed by atoms with Crippen LogP contribution in [-0.2, 0) is 11.1 Å². The van der Waals surface area contributed by atoms with E-state index in [0.717, 1.165) is 30.6 Å². The number of fused-ring (bicyclic) bond motifs is 1. The Balaban J connectivity index is 1.68. The van der Waals surface area contributed by atoms with Gasteiger partial charge in [-0.3, -0.25) is 4.79 Å². The predicted octanol–water partition coefficient (Wildman–Crippen LogP) is 5.62. The summed E-state index contributed by atoms with van der Waals surface area (Å²) in [6.07, 6.45) is 4.22. The number of hydrogen-bond donors (Lipinski definition) is 2. The van der Waals surface area contributed by atoms with Gasteiger partial charge in [0.25, 0.3) is 5.91 Å². The van der Waals surface area contributed by atoms with Crippen molar-refractivity contribution >= 4 is 11.7 Å². The van der Waals surface area contributed by atoms with Gasteiger partial charge in [-0.1, -0.05) is 74.5 Å². The van der Waals surface area contributed by atoms with Gasteiger partial charge < -0.3 is 10.6 Å². The van der Waals surface area contributed by atoms with Crippen LogP contribution in [0.3, 0.4) is 0 Å². The molecule has 31 heavy (non-hydrogen) atoms. The Morgan fingerprint density at radius 3 is 2.32 bits per heavy atom. The minimum atomic E-state index is -0.407. The lowest BCUT2D eigenvalue weighted by molar-refractivity contribution is 0.0890. The van der Waals surface area contributed by atoms with Crippen molar-refractivity contribution in [2.75, 3.05) is 5.32 Å². The Morgan fingerprint density at radius 2 is 1.71 bits per heavy atom. The van der Waals surface area contributed by atoms with Gasteiger partial charge in [-0.2, -0.15) is 5.10 Å². The Morgan fingerprint density at radius 1 is 1.10 bits per heavy atom. The summed E-state index contributed by atoms with van der Waals surface area (Å²) in [4.78, 5) is 13.5. The molecule has 0 bridgehead atoms. The van der Waals surface area contributed by atoms with E-state index < -0.39 is 5.54 Å². The lowest BCUT2D eigenvalue weighted by Gasteiger charge is -2.38. The molecule has 0 aliphatic carbocycles. The molecule has 162 valence electrons. The van der Waals surface area contributed by atoms with Crippen LogP contribution < -0.4 is 10.6 Å². The van der Waals surface area contributed by atoms with Crippen molar-refractivity contribution < 1.29 is 4.79 Å². The Bertz CT molecular complexity index is 1040. The summed E-state index contributed by atoms with van der Waals surface area (Å²) < 4.78 is 1.96. The van der Waals surface area contributed by atoms with Gasteiger partial charge in [-0.05, 0) is 44.2 Å². The van der Waals surface area contributed by atoms with Crippen LogP contribution >= 0.6 is 0 Å². The summed E-state index contributed by atoms with van der Waals surface area (Å²) in [7, 11) is 0. The van der Waals surface area contributed by atoms with Gasteiger partial charge in [0, 0.05) is 0 Å². The molecule has 1 aromatic heterocycles. The number of rotatable bonds is 6. The summed E-state index contributed by atoms with van der Waals surface area (Å²) in [6.45, 7) is 8.59. The number of aromatic nitrogens is 2. The Hall–Kier alpha value is -3.08. The van der Waals surface area contributed by atoms with Crippen molar-refractivity contribution in [3.63, 3.8) is 0 Å².